The van der Waals surface area contributed by atoms with E-state index in [9.17, 15) is 22.8 Å². The summed E-state index contributed by atoms with van der Waals surface area (Å²) in [6.07, 6.45) is 6.83. The van der Waals surface area contributed by atoms with E-state index in [4.69, 9.17) is 5.73 Å². The fraction of sp³-hybridized carbons (Fsp3) is 0.750. The number of nitrogens with two attached hydrogens (primary N) is 1. The molecule has 0 bridgehead atoms. The molecule has 0 radical (unpaired) electrons. The average molecular weight is 443 g/mol. The molecule has 0 aromatic rings. The van der Waals surface area contributed by atoms with Gasteiger partial charge in [0.15, 0.2) is 0 Å². The van der Waals surface area contributed by atoms with Crippen LogP contribution < -0.4 is 15.8 Å². The number of carbonyl (C=O) groups excluding carboxylic acids is 3. The third-order valence-electron chi connectivity index (χ3n) is 5.50. The first kappa shape index (κ1) is 24.3. The van der Waals surface area contributed by atoms with Crippen molar-refractivity contribution >= 4 is 27.7 Å². The van der Waals surface area contributed by atoms with Crippen LogP contribution in [0.25, 0.3) is 0 Å². The summed E-state index contributed by atoms with van der Waals surface area (Å²) in [5.74, 6) is -1.67. The van der Waals surface area contributed by atoms with Crippen molar-refractivity contribution in [2.75, 3.05) is 12.3 Å². The van der Waals surface area contributed by atoms with Gasteiger partial charge in [-0.15, -0.1) is 0 Å². The maximum absolute atomic E-state index is 12.9. The summed E-state index contributed by atoms with van der Waals surface area (Å²) >= 11 is 0. The molecule has 2 unspecified atom stereocenters. The molecule has 9 nitrogen and oxygen atoms in total. The van der Waals surface area contributed by atoms with Crippen LogP contribution in [-0.2, 0) is 24.4 Å². The Morgan fingerprint density at radius 1 is 1.23 bits per heavy atom. The lowest BCUT2D eigenvalue weighted by molar-refractivity contribution is -0.141. The fourth-order valence-electron chi connectivity index (χ4n) is 3.53. The Bertz CT molecular complexity index is 788. The average Bonchev–Trinajstić information content (AvgIpc) is 3.12. The molecule has 10 heteroatoms. The number of amides is 3. The normalized spacial score (nSPS) is 27.5. The third-order valence-corrected chi connectivity index (χ3v) is 6.84. The first-order valence-electron chi connectivity index (χ1n) is 10.5. The Hall–Kier alpha value is -1.94. The molecule has 1 saturated heterocycles. The topological polar surface area (TPSA) is 139 Å². The Labute approximate surface area is 178 Å². The minimum absolute atomic E-state index is 0.136. The Morgan fingerprint density at radius 3 is 2.60 bits per heavy atom. The summed E-state index contributed by atoms with van der Waals surface area (Å²) in [7, 11) is -3.75. The molecule has 2 aliphatic rings. The van der Waals surface area contributed by atoms with Crippen LogP contribution in [0.2, 0.25) is 0 Å². The van der Waals surface area contributed by atoms with Crippen molar-refractivity contribution in [3.05, 3.63) is 12.2 Å². The number of nitrogens with one attached hydrogen (secondary N) is 2. The molecule has 0 aromatic heterocycles. The van der Waals surface area contributed by atoms with Crippen molar-refractivity contribution in [1.82, 2.24) is 14.9 Å². The number of allylic oxidation sites excluding steroid dienone is 1. The van der Waals surface area contributed by atoms with E-state index in [-0.39, 0.29) is 18.1 Å². The highest BCUT2D eigenvalue weighted by Crippen LogP contribution is 2.24. The zero-order chi connectivity index (χ0) is 22.5. The number of rotatable bonds is 3. The maximum Gasteiger partial charge on any atom is 0.256 e. The molecule has 30 heavy (non-hydrogen) atoms. The molecule has 2 rings (SSSR count). The van der Waals surface area contributed by atoms with Crippen molar-refractivity contribution in [3.63, 3.8) is 0 Å². The van der Waals surface area contributed by atoms with E-state index in [0.717, 1.165) is 0 Å². The number of sulfonamides is 1. The molecule has 0 spiro atoms. The summed E-state index contributed by atoms with van der Waals surface area (Å²) in [5.41, 5.74) is 5.64. The lowest BCUT2D eigenvalue weighted by Gasteiger charge is -2.33. The van der Waals surface area contributed by atoms with Gasteiger partial charge < -0.3 is 16.0 Å². The smallest absolute Gasteiger partial charge is 0.256 e. The number of hydrogen-bond donors (Lipinski definition) is 3. The van der Waals surface area contributed by atoms with Crippen LogP contribution in [0, 0.1) is 5.41 Å². The first-order chi connectivity index (χ1) is 13.9. The van der Waals surface area contributed by atoms with Crippen LogP contribution >= 0.6 is 0 Å². The van der Waals surface area contributed by atoms with Gasteiger partial charge >= 0.3 is 0 Å². The van der Waals surface area contributed by atoms with Gasteiger partial charge in [0.05, 0.1) is 11.8 Å². The fourth-order valence-corrected chi connectivity index (χ4v) is 4.67. The SMILES string of the molecule is CC(C)(C)[C@H](N)C(=O)N1CCCC1C(=O)NC1C/C=C\CCCCS(=O)(=O)NC1=O. The Balaban J connectivity index is 2.13. The Kier molecular flexibility index (Phi) is 8.04. The number of nitrogens with zero attached hydrogens (tertiary/aromatic N) is 1. The molecule has 2 aliphatic heterocycles. The van der Waals surface area contributed by atoms with Gasteiger partial charge in [-0.25, -0.2) is 8.42 Å². The number of hydrogen-bond acceptors (Lipinski definition) is 6. The summed E-state index contributed by atoms with van der Waals surface area (Å²) in [6, 6.07) is -2.51. The maximum atomic E-state index is 12.9. The van der Waals surface area contributed by atoms with Crippen LogP contribution in [0.15, 0.2) is 12.2 Å². The van der Waals surface area contributed by atoms with Gasteiger partial charge in [0.25, 0.3) is 5.91 Å². The van der Waals surface area contributed by atoms with Gasteiger partial charge in [-0.1, -0.05) is 32.9 Å². The van der Waals surface area contributed by atoms with Gasteiger partial charge in [0.2, 0.25) is 21.8 Å². The van der Waals surface area contributed by atoms with E-state index in [0.29, 0.717) is 38.6 Å². The highest BCUT2D eigenvalue weighted by atomic mass is 32.2. The van der Waals surface area contributed by atoms with E-state index in [1.807, 2.05) is 26.8 Å². The monoisotopic (exact) mass is 442 g/mol. The minimum atomic E-state index is -3.75. The molecule has 3 atom stereocenters. The lowest BCUT2D eigenvalue weighted by Crippen LogP contribution is -2.57. The van der Waals surface area contributed by atoms with Crippen LogP contribution in [0.4, 0.5) is 0 Å². The zero-order valence-electron chi connectivity index (χ0n) is 18.0. The van der Waals surface area contributed by atoms with Gasteiger partial charge in [0.1, 0.15) is 12.1 Å². The summed E-state index contributed by atoms with van der Waals surface area (Å²) in [5, 5.41) is 2.65. The first-order valence-corrected chi connectivity index (χ1v) is 12.1. The van der Waals surface area contributed by atoms with Crippen molar-refractivity contribution in [2.45, 2.75) is 77.4 Å². The molecule has 4 N–H and O–H groups in total. The molecule has 0 aromatic carbocycles. The predicted octanol–water partition coefficient (Wildman–Crippen LogP) is 0.412. The lowest BCUT2D eigenvalue weighted by atomic mass is 9.86. The van der Waals surface area contributed by atoms with E-state index < -0.39 is 45.4 Å². The van der Waals surface area contributed by atoms with Crippen molar-refractivity contribution in [2.24, 2.45) is 11.1 Å². The highest BCUT2D eigenvalue weighted by molar-refractivity contribution is 7.90. The van der Waals surface area contributed by atoms with E-state index in [1.54, 1.807) is 6.08 Å². The van der Waals surface area contributed by atoms with Crippen LogP contribution in [-0.4, -0.2) is 61.5 Å². The number of carbonyl (C=O) groups is 3. The van der Waals surface area contributed by atoms with E-state index in [2.05, 4.69) is 10.0 Å². The molecule has 0 aliphatic carbocycles. The number of likely N-dealkylation sites (tertiary alicyclic amines) is 1. The second-order valence-electron chi connectivity index (χ2n) is 9.08. The molecular weight excluding hydrogens is 408 g/mol. The van der Waals surface area contributed by atoms with Crippen molar-refractivity contribution in [3.8, 4) is 0 Å². The van der Waals surface area contributed by atoms with Gasteiger partial charge in [-0.3, -0.25) is 19.1 Å². The van der Waals surface area contributed by atoms with Crippen molar-refractivity contribution in [1.29, 1.82) is 0 Å². The van der Waals surface area contributed by atoms with Crippen LogP contribution in [0.5, 0.6) is 0 Å². The highest BCUT2D eigenvalue weighted by Gasteiger charge is 2.40. The largest absolute Gasteiger partial charge is 0.342 e. The van der Waals surface area contributed by atoms with Gasteiger partial charge in [-0.05, 0) is 43.9 Å². The van der Waals surface area contributed by atoms with Gasteiger partial charge in [-0.2, -0.15) is 0 Å². The third kappa shape index (κ3) is 6.53. The van der Waals surface area contributed by atoms with Crippen LogP contribution in [0.1, 0.15) is 59.3 Å². The Morgan fingerprint density at radius 2 is 1.93 bits per heavy atom. The molecular formula is C20H34N4O5S. The summed E-state index contributed by atoms with van der Waals surface area (Å²) in [4.78, 5) is 39.7. The second-order valence-corrected chi connectivity index (χ2v) is 10.9. The van der Waals surface area contributed by atoms with Crippen molar-refractivity contribution < 1.29 is 22.8 Å². The quantitative estimate of drug-likeness (QED) is 0.541. The molecule has 3 amide bonds. The van der Waals surface area contributed by atoms with E-state index >= 15 is 0 Å². The summed E-state index contributed by atoms with van der Waals surface area (Å²) < 4.78 is 26.2. The summed E-state index contributed by atoms with van der Waals surface area (Å²) in [6.45, 7) is 6.01. The van der Waals surface area contributed by atoms with Gasteiger partial charge in [0, 0.05) is 6.54 Å². The zero-order valence-corrected chi connectivity index (χ0v) is 18.8. The molecule has 0 saturated carbocycles. The molecule has 170 valence electrons. The predicted molar refractivity (Wildman–Crippen MR) is 114 cm³/mol. The minimum Gasteiger partial charge on any atom is -0.342 e. The van der Waals surface area contributed by atoms with E-state index in [1.165, 1.54) is 4.90 Å². The molecule has 1 fully saturated rings. The second kappa shape index (κ2) is 9.91. The van der Waals surface area contributed by atoms with Crippen LogP contribution in [0.3, 0.4) is 0 Å². The molecule has 2 heterocycles. The standard InChI is InChI=1S/C20H34N4O5S/c1-20(2,3)16(21)19(27)24-12-9-11-15(24)18(26)22-14-10-7-5-4-6-8-13-30(28,29)23-17(14)25/h5,7,14-16H,4,6,8-13,21H2,1-3H3,(H,22,26)(H,23,25)/b7-5-/t14?,15?,16-/m1/s1.